The number of hydrogen-bond donors (Lipinski definition) is 0. The number of esters is 2. The van der Waals surface area contributed by atoms with Crippen molar-refractivity contribution in [3.05, 3.63) is 25.3 Å². The summed E-state index contributed by atoms with van der Waals surface area (Å²) in [7, 11) is 0. The van der Waals surface area contributed by atoms with Gasteiger partial charge in [-0.15, -0.1) is 13.2 Å². The number of ether oxygens (including phenoxy) is 2. The first-order valence-electron chi connectivity index (χ1n) is 12.6. The SMILES string of the molecule is C=CCCCCCCCCOC(=O)C12CC(C(=O)OCCCCCCCCC=C)(C1)C2. The number of carbonyl (C=O) groups excluding carboxylic acids is 2. The molecule has 2 bridgehead atoms. The predicted molar refractivity (Wildman–Crippen MR) is 126 cm³/mol. The molecular formula is C27H44O4. The van der Waals surface area contributed by atoms with Gasteiger partial charge in [-0.1, -0.05) is 63.5 Å². The van der Waals surface area contributed by atoms with Gasteiger partial charge in [0, 0.05) is 0 Å². The summed E-state index contributed by atoms with van der Waals surface area (Å²) in [5.41, 5.74) is -0.760. The van der Waals surface area contributed by atoms with E-state index in [1.54, 1.807) is 0 Å². The molecule has 0 aliphatic heterocycles. The lowest BCUT2D eigenvalue weighted by molar-refractivity contribution is -0.237. The summed E-state index contributed by atoms with van der Waals surface area (Å²) in [6, 6.07) is 0. The van der Waals surface area contributed by atoms with Gasteiger partial charge in [0.1, 0.15) is 0 Å². The summed E-state index contributed by atoms with van der Waals surface area (Å²) in [5.74, 6) is -0.186. The van der Waals surface area contributed by atoms with Crippen molar-refractivity contribution in [1.82, 2.24) is 0 Å². The molecule has 4 heteroatoms. The molecule has 3 aliphatic carbocycles. The smallest absolute Gasteiger partial charge is 0.312 e. The lowest BCUT2D eigenvalue weighted by atomic mass is 9.35. The van der Waals surface area contributed by atoms with Crippen molar-refractivity contribution in [2.75, 3.05) is 13.2 Å². The second-order valence-corrected chi connectivity index (χ2v) is 9.76. The average Bonchev–Trinajstić information content (AvgIpc) is 2.69. The molecule has 0 aromatic carbocycles. The first-order chi connectivity index (χ1) is 15.1. The van der Waals surface area contributed by atoms with E-state index in [9.17, 15) is 9.59 Å². The van der Waals surface area contributed by atoms with Gasteiger partial charge in [0.05, 0.1) is 24.0 Å². The van der Waals surface area contributed by atoms with E-state index >= 15 is 0 Å². The molecular weight excluding hydrogens is 388 g/mol. The van der Waals surface area contributed by atoms with Crippen LogP contribution in [0.5, 0.6) is 0 Å². The molecule has 3 rings (SSSR count). The Morgan fingerprint density at radius 2 is 0.903 bits per heavy atom. The van der Waals surface area contributed by atoms with Crippen molar-refractivity contribution in [2.45, 2.75) is 109 Å². The maximum Gasteiger partial charge on any atom is 0.312 e. The molecule has 0 radical (unpaired) electrons. The van der Waals surface area contributed by atoms with Crippen molar-refractivity contribution in [3.63, 3.8) is 0 Å². The lowest BCUT2D eigenvalue weighted by Crippen LogP contribution is -2.69. The number of unbranched alkanes of at least 4 members (excludes halogenated alkanes) is 12. The lowest BCUT2D eigenvalue weighted by Gasteiger charge is -2.66. The highest BCUT2D eigenvalue weighted by Gasteiger charge is 2.76. The van der Waals surface area contributed by atoms with Crippen molar-refractivity contribution in [2.24, 2.45) is 10.8 Å². The normalized spacial score (nSPS) is 23.4. The van der Waals surface area contributed by atoms with E-state index < -0.39 is 0 Å². The topological polar surface area (TPSA) is 52.6 Å². The molecule has 0 atom stereocenters. The number of rotatable bonds is 20. The van der Waals surface area contributed by atoms with Gasteiger partial charge in [-0.3, -0.25) is 9.59 Å². The fourth-order valence-corrected chi connectivity index (χ4v) is 5.05. The average molecular weight is 433 g/mol. The molecule has 0 saturated heterocycles. The van der Waals surface area contributed by atoms with E-state index in [-0.39, 0.29) is 22.8 Å². The van der Waals surface area contributed by atoms with Gasteiger partial charge in [0.15, 0.2) is 0 Å². The van der Waals surface area contributed by atoms with Crippen molar-refractivity contribution < 1.29 is 19.1 Å². The number of allylic oxidation sites excluding steroid dienone is 2. The van der Waals surface area contributed by atoms with Crippen LogP contribution in [0.15, 0.2) is 25.3 Å². The Balaban J connectivity index is 1.44. The first kappa shape index (κ1) is 25.7. The Morgan fingerprint density at radius 3 is 1.26 bits per heavy atom. The first-order valence-corrected chi connectivity index (χ1v) is 12.6. The third-order valence-corrected chi connectivity index (χ3v) is 6.97. The van der Waals surface area contributed by atoms with Crippen LogP contribution in [-0.4, -0.2) is 25.2 Å². The standard InChI is InChI=1S/C27H44O4/c1-3-5-7-9-11-13-15-17-19-30-24(28)26-21-27(22-26,23-26)25(29)31-20-18-16-14-12-10-8-6-4-2/h3-4H,1-2,5-23H2. The molecule has 0 N–H and O–H groups in total. The highest BCUT2D eigenvalue weighted by atomic mass is 16.5. The van der Waals surface area contributed by atoms with Crippen LogP contribution >= 0.6 is 0 Å². The van der Waals surface area contributed by atoms with Crippen LogP contribution in [0.4, 0.5) is 0 Å². The zero-order valence-corrected chi connectivity index (χ0v) is 19.6. The van der Waals surface area contributed by atoms with Crippen LogP contribution in [-0.2, 0) is 19.1 Å². The second kappa shape index (κ2) is 13.8. The Bertz CT molecular complexity index is 512. The third-order valence-electron chi connectivity index (χ3n) is 6.97. The van der Waals surface area contributed by atoms with Gasteiger partial charge >= 0.3 is 11.9 Å². The van der Waals surface area contributed by atoms with E-state index in [1.165, 1.54) is 51.4 Å². The summed E-state index contributed by atoms with van der Waals surface area (Å²) < 4.78 is 11.0. The maximum absolute atomic E-state index is 12.4. The fourth-order valence-electron chi connectivity index (χ4n) is 5.05. The molecule has 176 valence electrons. The fraction of sp³-hybridized carbons (Fsp3) is 0.778. The van der Waals surface area contributed by atoms with Crippen molar-refractivity contribution >= 4 is 11.9 Å². The summed E-state index contributed by atoms with van der Waals surface area (Å²) in [6.07, 6.45) is 22.0. The molecule has 0 unspecified atom stereocenters. The Labute approximate surface area is 189 Å². The van der Waals surface area contributed by atoms with E-state index in [0.717, 1.165) is 38.5 Å². The predicted octanol–water partition coefficient (Wildman–Crippen LogP) is 7.08. The molecule has 31 heavy (non-hydrogen) atoms. The van der Waals surface area contributed by atoms with Gasteiger partial charge in [-0.2, -0.15) is 0 Å². The molecule has 0 aromatic rings. The molecule has 0 heterocycles. The van der Waals surface area contributed by atoms with Gasteiger partial charge in [-0.25, -0.2) is 0 Å². The van der Waals surface area contributed by atoms with Crippen LogP contribution in [0.3, 0.4) is 0 Å². The maximum atomic E-state index is 12.4. The van der Waals surface area contributed by atoms with Crippen LogP contribution in [0.1, 0.15) is 109 Å². The number of hydrogen-bond acceptors (Lipinski definition) is 4. The van der Waals surface area contributed by atoms with Crippen molar-refractivity contribution in [3.8, 4) is 0 Å². The van der Waals surface area contributed by atoms with Gasteiger partial charge in [0.25, 0.3) is 0 Å². The molecule has 3 saturated carbocycles. The number of carbonyl (C=O) groups is 2. The monoisotopic (exact) mass is 432 g/mol. The molecule has 0 spiro atoms. The highest BCUT2D eigenvalue weighted by molar-refractivity contribution is 5.91. The molecule has 3 aliphatic rings. The molecule has 0 amide bonds. The van der Waals surface area contributed by atoms with Gasteiger partial charge in [0.2, 0.25) is 0 Å². The minimum Gasteiger partial charge on any atom is -0.465 e. The Kier molecular flexibility index (Phi) is 11.4. The molecule has 3 fully saturated rings. The molecule has 0 aromatic heterocycles. The van der Waals surface area contributed by atoms with Crippen LogP contribution < -0.4 is 0 Å². The highest BCUT2D eigenvalue weighted by Crippen LogP contribution is 2.74. The zero-order valence-electron chi connectivity index (χ0n) is 19.6. The van der Waals surface area contributed by atoms with E-state index in [2.05, 4.69) is 13.2 Å². The minimum atomic E-state index is -0.380. The summed E-state index contributed by atoms with van der Waals surface area (Å²) >= 11 is 0. The Morgan fingerprint density at radius 1 is 0.581 bits per heavy atom. The minimum absolute atomic E-state index is 0.0930. The van der Waals surface area contributed by atoms with Gasteiger partial charge in [-0.05, 0) is 57.8 Å². The zero-order chi connectivity index (χ0) is 22.4. The summed E-state index contributed by atoms with van der Waals surface area (Å²) in [4.78, 5) is 24.8. The van der Waals surface area contributed by atoms with Gasteiger partial charge < -0.3 is 9.47 Å². The van der Waals surface area contributed by atoms with Crippen LogP contribution in [0.2, 0.25) is 0 Å². The van der Waals surface area contributed by atoms with E-state index in [0.29, 0.717) is 32.5 Å². The summed E-state index contributed by atoms with van der Waals surface area (Å²) in [5, 5.41) is 0. The van der Waals surface area contributed by atoms with Crippen LogP contribution in [0, 0.1) is 10.8 Å². The van der Waals surface area contributed by atoms with E-state index in [4.69, 9.17) is 9.47 Å². The quantitative estimate of drug-likeness (QED) is 0.117. The van der Waals surface area contributed by atoms with Crippen LogP contribution in [0.25, 0.3) is 0 Å². The third kappa shape index (κ3) is 7.80. The second-order valence-electron chi connectivity index (χ2n) is 9.76. The van der Waals surface area contributed by atoms with E-state index in [1.807, 2.05) is 12.2 Å². The largest absolute Gasteiger partial charge is 0.465 e. The Hall–Kier alpha value is -1.58. The van der Waals surface area contributed by atoms with Crippen molar-refractivity contribution in [1.29, 1.82) is 0 Å². The summed E-state index contributed by atoms with van der Waals surface area (Å²) in [6.45, 7) is 8.50. The molecule has 4 nitrogen and oxygen atoms in total.